The zero-order chi connectivity index (χ0) is 18.7. The molecule has 0 bridgehead atoms. The molecule has 0 fully saturated rings. The Kier molecular flexibility index (Phi) is 5.47. The summed E-state index contributed by atoms with van der Waals surface area (Å²) in [5.74, 6) is -0.833. The summed E-state index contributed by atoms with van der Waals surface area (Å²) in [6.45, 7) is -0.328. The number of likely N-dealkylation sites (N-methyl/N-ethyl adjacent to an activating group) is 1. The number of hydrogen-bond donors (Lipinski definition) is 1. The van der Waals surface area contributed by atoms with E-state index in [0.717, 1.165) is 21.2 Å². The van der Waals surface area contributed by atoms with Crippen LogP contribution in [0.3, 0.4) is 0 Å². The van der Waals surface area contributed by atoms with Crippen molar-refractivity contribution < 1.29 is 17.6 Å². The predicted molar refractivity (Wildman–Crippen MR) is 100 cm³/mol. The van der Waals surface area contributed by atoms with Crippen molar-refractivity contribution in [2.75, 3.05) is 18.9 Å². The second-order valence-electron chi connectivity index (χ2n) is 5.29. The fourth-order valence-electron chi connectivity index (χ4n) is 2.09. The number of carbonyl (C=O) groups is 1. The van der Waals surface area contributed by atoms with Gasteiger partial charge in [-0.05, 0) is 35.7 Å². The van der Waals surface area contributed by atoms with Crippen molar-refractivity contribution in [3.63, 3.8) is 0 Å². The molecule has 0 aliphatic carbocycles. The van der Waals surface area contributed by atoms with Crippen LogP contribution in [0.4, 0.5) is 9.52 Å². The normalized spacial score (nSPS) is 11.7. The van der Waals surface area contributed by atoms with E-state index in [1.807, 2.05) is 0 Å². The number of hydrogen-bond acceptors (Lipinski definition) is 6. The van der Waals surface area contributed by atoms with Crippen LogP contribution < -0.4 is 5.32 Å². The van der Waals surface area contributed by atoms with Crippen LogP contribution in [0.15, 0.2) is 51.4 Å². The molecule has 0 atom stereocenters. The summed E-state index contributed by atoms with van der Waals surface area (Å²) in [5.41, 5.74) is 1.32. The van der Waals surface area contributed by atoms with Crippen LogP contribution in [0.25, 0.3) is 11.3 Å². The first-order valence-electron chi connectivity index (χ1n) is 7.37. The van der Waals surface area contributed by atoms with Gasteiger partial charge in [0.25, 0.3) is 10.0 Å². The zero-order valence-corrected chi connectivity index (χ0v) is 16.0. The number of nitrogens with zero attached hydrogens (tertiary/aromatic N) is 2. The van der Waals surface area contributed by atoms with E-state index in [2.05, 4.69) is 10.3 Å². The largest absolute Gasteiger partial charge is 0.301 e. The standard InChI is InChI=1S/C16H14FN3O3S3/c1-20(26(22,23)15-3-2-8-24-15)9-14(21)19-16-18-13(10-25-16)11-4-6-12(17)7-5-11/h2-8,10H,9H2,1H3,(H,18,19,21). The molecule has 10 heteroatoms. The summed E-state index contributed by atoms with van der Waals surface area (Å²) in [5, 5.41) is 6.32. The van der Waals surface area contributed by atoms with Crippen LogP contribution in [0.1, 0.15) is 0 Å². The van der Waals surface area contributed by atoms with Crippen LogP contribution in [0.2, 0.25) is 0 Å². The number of nitrogens with one attached hydrogen (secondary N) is 1. The number of halogens is 1. The summed E-state index contributed by atoms with van der Waals surface area (Å²) < 4.78 is 38.8. The lowest BCUT2D eigenvalue weighted by Crippen LogP contribution is -2.34. The lowest BCUT2D eigenvalue weighted by atomic mass is 10.2. The number of thiazole rings is 1. The van der Waals surface area contributed by atoms with Crippen LogP contribution in [-0.4, -0.2) is 37.2 Å². The molecule has 6 nitrogen and oxygen atoms in total. The molecule has 1 amide bonds. The van der Waals surface area contributed by atoms with Crippen LogP contribution >= 0.6 is 22.7 Å². The Balaban J connectivity index is 1.64. The third-order valence-corrected chi connectivity index (χ3v) is 7.35. The smallest absolute Gasteiger partial charge is 0.252 e. The van der Waals surface area contributed by atoms with Gasteiger partial charge in [0, 0.05) is 18.0 Å². The summed E-state index contributed by atoms with van der Waals surface area (Å²) in [6.07, 6.45) is 0. The molecule has 0 unspecified atom stereocenters. The minimum atomic E-state index is -3.69. The monoisotopic (exact) mass is 411 g/mol. The second kappa shape index (κ2) is 7.62. The van der Waals surface area contributed by atoms with Gasteiger partial charge in [-0.15, -0.1) is 22.7 Å². The maximum atomic E-state index is 13.0. The third kappa shape index (κ3) is 4.15. The molecular formula is C16H14FN3O3S3. The van der Waals surface area contributed by atoms with Gasteiger partial charge in [-0.3, -0.25) is 4.79 Å². The Labute approximate surface area is 158 Å². The first kappa shape index (κ1) is 18.6. The number of benzene rings is 1. The summed E-state index contributed by atoms with van der Waals surface area (Å²) in [4.78, 5) is 16.4. The fourth-order valence-corrected chi connectivity index (χ4v) is 5.16. The van der Waals surface area contributed by atoms with E-state index in [-0.39, 0.29) is 16.6 Å². The number of anilines is 1. The van der Waals surface area contributed by atoms with Crippen molar-refractivity contribution in [1.82, 2.24) is 9.29 Å². The van der Waals surface area contributed by atoms with Gasteiger partial charge in [-0.25, -0.2) is 17.8 Å². The maximum absolute atomic E-state index is 13.0. The molecule has 1 aromatic carbocycles. The molecule has 0 aliphatic heterocycles. The lowest BCUT2D eigenvalue weighted by Gasteiger charge is -2.14. The highest BCUT2D eigenvalue weighted by molar-refractivity contribution is 7.91. The highest BCUT2D eigenvalue weighted by Gasteiger charge is 2.24. The van der Waals surface area contributed by atoms with Gasteiger partial charge in [-0.1, -0.05) is 6.07 Å². The molecule has 0 saturated heterocycles. The Morgan fingerprint density at radius 3 is 2.62 bits per heavy atom. The van der Waals surface area contributed by atoms with Gasteiger partial charge in [0.15, 0.2) is 5.13 Å². The van der Waals surface area contributed by atoms with E-state index in [4.69, 9.17) is 0 Å². The first-order chi connectivity index (χ1) is 12.4. The minimum absolute atomic E-state index is 0.181. The summed E-state index contributed by atoms with van der Waals surface area (Å²) in [7, 11) is -2.34. The first-order valence-corrected chi connectivity index (χ1v) is 10.6. The molecule has 2 heterocycles. The molecule has 3 aromatic rings. The molecular weight excluding hydrogens is 397 g/mol. The van der Waals surface area contributed by atoms with Crippen molar-refractivity contribution in [3.05, 3.63) is 53.0 Å². The van der Waals surface area contributed by atoms with Crippen LogP contribution in [-0.2, 0) is 14.8 Å². The number of sulfonamides is 1. The molecule has 0 saturated carbocycles. The molecule has 0 radical (unpaired) electrons. The molecule has 0 spiro atoms. The highest BCUT2D eigenvalue weighted by Crippen LogP contribution is 2.25. The zero-order valence-electron chi connectivity index (χ0n) is 13.5. The quantitative estimate of drug-likeness (QED) is 0.675. The maximum Gasteiger partial charge on any atom is 0.252 e. The Morgan fingerprint density at radius 1 is 1.23 bits per heavy atom. The van der Waals surface area contributed by atoms with Crippen LogP contribution in [0, 0.1) is 5.82 Å². The SMILES string of the molecule is CN(CC(=O)Nc1nc(-c2ccc(F)cc2)cs1)S(=O)(=O)c1cccs1. The second-order valence-corrected chi connectivity index (χ2v) is 9.36. The Hall–Kier alpha value is -2.14. The van der Waals surface area contributed by atoms with Gasteiger partial charge in [0.05, 0.1) is 12.2 Å². The summed E-state index contributed by atoms with van der Waals surface area (Å²) in [6, 6.07) is 8.98. The molecule has 2 aromatic heterocycles. The van der Waals surface area contributed by atoms with Crippen molar-refractivity contribution in [3.8, 4) is 11.3 Å². The Bertz CT molecular complexity index is 999. The van der Waals surface area contributed by atoms with E-state index in [9.17, 15) is 17.6 Å². The molecule has 0 aliphatic rings. The fraction of sp³-hybridized carbons (Fsp3) is 0.125. The summed E-state index contributed by atoms with van der Waals surface area (Å²) >= 11 is 2.30. The van der Waals surface area contributed by atoms with Gasteiger partial charge in [0.2, 0.25) is 5.91 Å². The van der Waals surface area contributed by atoms with Crippen molar-refractivity contribution >= 4 is 43.7 Å². The van der Waals surface area contributed by atoms with E-state index in [1.165, 1.54) is 36.6 Å². The van der Waals surface area contributed by atoms with Gasteiger partial charge in [-0.2, -0.15) is 4.31 Å². The van der Waals surface area contributed by atoms with Gasteiger partial charge >= 0.3 is 0 Å². The van der Waals surface area contributed by atoms with Gasteiger partial charge in [0.1, 0.15) is 10.0 Å². The van der Waals surface area contributed by atoms with E-state index in [1.54, 1.807) is 29.0 Å². The van der Waals surface area contributed by atoms with E-state index in [0.29, 0.717) is 10.8 Å². The minimum Gasteiger partial charge on any atom is -0.301 e. The number of amides is 1. The topological polar surface area (TPSA) is 79.4 Å². The number of aromatic nitrogens is 1. The molecule has 26 heavy (non-hydrogen) atoms. The third-order valence-electron chi connectivity index (χ3n) is 3.42. The van der Waals surface area contributed by atoms with Gasteiger partial charge < -0.3 is 5.32 Å². The molecule has 1 N–H and O–H groups in total. The average molecular weight is 412 g/mol. The van der Waals surface area contributed by atoms with Crippen LogP contribution in [0.5, 0.6) is 0 Å². The van der Waals surface area contributed by atoms with Crippen molar-refractivity contribution in [2.45, 2.75) is 4.21 Å². The number of carbonyl (C=O) groups excluding carboxylic acids is 1. The lowest BCUT2D eigenvalue weighted by molar-refractivity contribution is -0.116. The van der Waals surface area contributed by atoms with Crippen molar-refractivity contribution in [2.24, 2.45) is 0 Å². The highest BCUT2D eigenvalue weighted by atomic mass is 32.2. The number of rotatable bonds is 6. The van der Waals surface area contributed by atoms with E-state index >= 15 is 0 Å². The van der Waals surface area contributed by atoms with E-state index < -0.39 is 15.9 Å². The average Bonchev–Trinajstić information content (AvgIpc) is 3.27. The van der Waals surface area contributed by atoms with Crippen molar-refractivity contribution in [1.29, 1.82) is 0 Å². The molecule has 136 valence electrons. The Morgan fingerprint density at radius 2 is 1.96 bits per heavy atom. The number of thiophene rings is 1. The predicted octanol–water partition coefficient (Wildman–Crippen LogP) is 3.27. The molecule has 3 rings (SSSR count).